The monoisotopic (exact) mass is 1030 g/mol. The summed E-state index contributed by atoms with van der Waals surface area (Å²) in [7, 11) is 0. The Hall–Kier alpha value is -8.86. The molecular weight excluding hydrogens is 979 g/mol. The molecule has 0 aromatic heterocycles. The van der Waals surface area contributed by atoms with Crippen molar-refractivity contribution >= 4 is 40.6 Å². The summed E-state index contributed by atoms with van der Waals surface area (Å²) in [6, 6.07) is 108. The van der Waals surface area contributed by atoms with Crippen LogP contribution in [0.4, 0.5) is 17.1 Å². The lowest BCUT2D eigenvalue weighted by molar-refractivity contribution is 0.722. The zero-order valence-electron chi connectivity index (χ0n) is 42.4. The lowest BCUT2D eigenvalue weighted by atomic mass is 9.67. The maximum atomic E-state index is 2.65. The van der Waals surface area contributed by atoms with Crippen molar-refractivity contribution in [2.24, 2.45) is 0 Å². The van der Waals surface area contributed by atoms with Gasteiger partial charge in [-0.05, 0) is 138 Å². The van der Waals surface area contributed by atoms with E-state index in [1.54, 1.807) is 0 Å². The molecule has 0 saturated carbocycles. The number of benzene rings is 12. The molecule has 364 valence electrons. The number of anilines is 3. The van der Waals surface area contributed by atoms with Gasteiger partial charge in [-0.1, -0.05) is 260 Å². The molecule has 0 N–H and O–H groups in total. The van der Waals surface area contributed by atoms with Gasteiger partial charge in [0.15, 0.2) is 0 Å². The summed E-state index contributed by atoms with van der Waals surface area (Å²) in [5.41, 5.74) is 25.0. The summed E-state index contributed by atoms with van der Waals surface area (Å²) in [6.45, 7) is 0. The van der Waals surface area contributed by atoms with Crippen molar-refractivity contribution in [3.63, 3.8) is 0 Å². The first-order chi connectivity index (χ1) is 38.7. The minimum Gasteiger partial charge on any atom is -0.309 e. The van der Waals surface area contributed by atoms with E-state index in [0.29, 0.717) is 0 Å². The highest BCUT2D eigenvalue weighted by molar-refractivity contribution is 7.99. The number of hydrogen-bond acceptors (Lipinski definition) is 3. The molecule has 0 bridgehead atoms. The number of fused-ring (bicyclic) bond motifs is 21. The van der Waals surface area contributed by atoms with E-state index in [1.807, 2.05) is 23.5 Å². The molecule has 3 heteroatoms. The predicted octanol–water partition coefficient (Wildman–Crippen LogP) is 19.2. The fraction of sp³-hybridized carbons (Fsp3) is 0.0400. The van der Waals surface area contributed by atoms with Crippen LogP contribution in [0, 0.1) is 0 Å². The van der Waals surface area contributed by atoms with Crippen LogP contribution in [0.5, 0.6) is 0 Å². The highest BCUT2D eigenvalue weighted by atomic mass is 32.2. The molecular formula is C75H47NS2. The molecule has 2 spiro atoms. The maximum Gasteiger partial charge on any atom is 0.0736 e. The van der Waals surface area contributed by atoms with Crippen LogP contribution in [0.1, 0.15) is 66.8 Å². The SMILES string of the molecule is c1ccc(C2(c3ccccc3)c3ccccc3-c3c(N(c4ccc5c(c4)-c4ccccc4C54c5ccccc5Sc5ccccc54)c4cccc5c4-c4ccccc4C54c5ccccc5Sc5ccccc54)cccc32)cc1. The first kappa shape index (κ1) is 44.3. The van der Waals surface area contributed by atoms with Crippen LogP contribution < -0.4 is 4.90 Å². The molecule has 78 heavy (non-hydrogen) atoms. The van der Waals surface area contributed by atoms with Gasteiger partial charge in [-0.3, -0.25) is 0 Å². The third-order valence-electron chi connectivity index (χ3n) is 17.9. The van der Waals surface area contributed by atoms with Crippen molar-refractivity contribution < 1.29 is 0 Å². The van der Waals surface area contributed by atoms with Gasteiger partial charge in [0, 0.05) is 36.4 Å². The minimum absolute atomic E-state index is 0.495. The first-order valence-electron chi connectivity index (χ1n) is 27.1. The Balaban J connectivity index is 0.999. The molecule has 0 radical (unpaired) electrons. The number of hydrogen-bond donors (Lipinski definition) is 0. The van der Waals surface area contributed by atoms with Gasteiger partial charge in [-0.25, -0.2) is 0 Å². The summed E-state index contributed by atoms with van der Waals surface area (Å²) in [5, 5.41) is 0. The van der Waals surface area contributed by atoms with E-state index in [9.17, 15) is 0 Å². The molecule has 12 aromatic carbocycles. The molecule has 1 nitrogen and oxygen atoms in total. The lowest BCUT2D eigenvalue weighted by Crippen LogP contribution is -2.32. The second kappa shape index (κ2) is 16.6. The quantitative estimate of drug-likeness (QED) is 0.169. The van der Waals surface area contributed by atoms with Crippen molar-refractivity contribution in [1.82, 2.24) is 0 Å². The third-order valence-corrected chi connectivity index (χ3v) is 20.2. The summed E-state index contributed by atoms with van der Waals surface area (Å²) in [6.07, 6.45) is 0. The van der Waals surface area contributed by atoms with Crippen molar-refractivity contribution in [1.29, 1.82) is 0 Å². The number of nitrogens with zero attached hydrogens (tertiary/aromatic N) is 1. The minimum atomic E-state index is -0.582. The maximum absolute atomic E-state index is 2.65. The van der Waals surface area contributed by atoms with Gasteiger partial charge in [0.25, 0.3) is 0 Å². The van der Waals surface area contributed by atoms with E-state index in [0.717, 1.165) is 17.1 Å². The molecule has 3 aliphatic carbocycles. The Morgan fingerprint density at radius 3 is 1.04 bits per heavy atom. The third kappa shape index (κ3) is 5.59. The second-order valence-electron chi connectivity index (χ2n) is 21.3. The molecule has 17 rings (SSSR count). The van der Waals surface area contributed by atoms with Crippen LogP contribution in [0.25, 0.3) is 33.4 Å². The van der Waals surface area contributed by atoms with E-state index < -0.39 is 16.2 Å². The van der Waals surface area contributed by atoms with Crippen molar-refractivity contribution in [3.05, 3.63) is 352 Å². The van der Waals surface area contributed by atoms with Gasteiger partial charge in [0.2, 0.25) is 0 Å². The van der Waals surface area contributed by atoms with Crippen LogP contribution >= 0.6 is 23.5 Å². The highest BCUT2D eigenvalue weighted by Crippen LogP contribution is 2.67. The van der Waals surface area contributed by atoms with Crippen molar-refractivity contribution in [2.75, 3.05) is 4.90 Å². The topological polar surface area (TPSA) is 3.24 Å². The van der Waals surface area contributed by atoms with Gasteiger partial charge in [-0.15, -0.1) is 0 Å². The molecule has 2 heterocycles. The fourth-order valence-electron chi connectivity index (χ4n) is 15.1. The average Bonchev–Trinajstić information content (AvgIpc) is 4.26. The second-order valence-corrected chi connectivity index (χ2v) is 23.4. The van der Waals surface area contributed by atoms with E-state index in [2.05, 4.69) is 290 Å². The highest BCUT2D eigenvalue weighted by Gasteiger charge is 2.54. The Bertz CT molecular complexity index is 4350. The van der Waals surface area contributed by atoms with Crippen molar-refractivity contribution in [2.45, 2.75) is 35.8 Å². The molecule has 0 amide bonds. The van der Waals surface area contributed by atoms with Crippen LogP contribution in [0.15, 0.2) is 305 Å². The van der Waals surface area contributed by atoms with E-state index in [-0.39, 0.29) is 0 Å². The molecule has 0 fully saturated rings. The molecule has 0 saturated heterocycles. The van der Waals surface area contributed by atoms with E-state index in [1.165, 1.54) is 120 Å². The van der Waals surface area contributed by atoms with E-state index in [4.69, 9.17) is 0 Å². The van der Waals surface area contributed by atoms with Gasteiger partial charge >= 0.3 is 0 Å². The summed E-state index contributed by atoms with van der Waals surface area (Å²) >= 11 is 3.79. The summed E-state index contributed by atoms with van der Waals surface area (Å²) in [5.74, 6) is 0. The van der Waals surface area contributed by atoms with Crippen LogP contribution in [0.3, 0.4) is 0 Å². The van der Waals surface area contributed by atoms with Crippen LogP contribution in [0.2, 0.25) is 0 Å². The standard InChI is InChI=1S/C75H47NS2/c1-3-23-48(24-4-1)73(49-25-5-2-6-26-49)56-31-11-8-28-52(56)71-63(73)37-21-39-65(71)76(50-45-46-58-54(47-50)51-27-7-10-30-55(51)74(58)59-33-13-17-41-67(59)77-68-42-18-14-34-60(68)74)66-40-22-38-64-72(66)53-29-9-12-32-57(53)75(64)61-35-15-19-43-69(61)78-70-44-20-16-36-62(70)75/h1-47H. The normalized spacial score (nSPS) is 15.1. The Morgan fingerprint density at radius 1 is 0.231 bits per heavy atom. The van der Waals surface area contributed by atoms with Crippen molar-refractivity contribution in [3.8, 4) is 33.4 Å². The Labute approximate surface area is 463 Å². The zero-order chi connectivity index (χ0) is 51.2. The molecule has 0 atom stereocenters. The Kier molecular flexibility index (Phi) is 9.41. The predicted molar refractivity (Wildman–Crippen MR) is 321 cm³/mol. The average molecular weight is 1030 g/mol. The van der Waals surface area contributed by atoms with Gasteiger partial charge in [0.1, 0.15) is 0 Å². The zero-order valence-corrected chi connectivity index (χ0v) is 44.0. The first-order valence-corrected chi connectivity index (χ1v) is 28.7. The Morgan fingerprint density at radius 2 is 0.564 bits per heavy atom. The molecule has 12 aromatic rings. The van der Waals surface area contributed by atoms with Gasteiger partial charge in [0.05, 0.1) is 27.6 Å². The summed E-state index contributed by atoms with van der Waals surface area (Å²) < 4.78 is 0. The number of rotatable bonds is 5. The van der Waals surface area contributed by atoms with Gasteiger partial charge < -0.3 is 4.90 Å². The fourth-order valence-corrected chi connectivity index (χ4v) is 17.5. The summed E-state index contributed by atoms with van der Waals surface area (Å²) in [4.78, 5) is 7.86. The smallest absolute Gasteiger partial charge is 0.0736 e. The van der Waals surface area contributed by atoms with Crippen LogP contribution in [-0.2, 0) is 16.2 Å². The van der Waals surface area contributed by atoms with Crippen LogP contribution in [-0.4, -0.2) is 0 Å². The molecule has 2 aliphatic heterocycles. The molecule has 0 unspecified atom stereocenters. The van der Waals surface area contributed by atoms with Gasteiger partial charge in [-0.2, -0.15) is 0 Å². The molecule has 5 aliphatic rings. The lowest BCUT2D eigenvalue weighted by Gasteiger charge is -2.40. The largest absolute Gasteiger partial charge is 0.309 e. The van der Waals surface area contributed by atoms with E-state index >= 15 is 0 Å².